The van der Waals surface area contributed by atoms with Crippen molar-refractivity contribution in [3.63, 3.8) is 0 Å². The van der Waals surface area contributed by atoms with Crippen molar-refractivity contribution < 1.29 is 18.9 Å². The number of amides is 2. The molecule has 1 fully saturated rings. The number of hydrogen-bond donors (Lipinski definition) is 1. The summed E-state index contributed by atoms with van der Waals surface area (Å²) in [5.41, 5.74) is 1.30. The molecule has 1 N–H and O–H groups in total. The molecule has 27 heavy (non-hydrogen) atoms. The number of carbonyl (C=O) groups is 2. The molecule has 0 bridgehead atoms. The average molecular weight is 371 g/mol. The minimum atomic E-state index is -0.465. The second-order valence-electron chi connectivity index (χ2n) is 6.65. The molecule has 0 unspecified atom stereocenters. The number of non-ortho nitro benzene ring substituents is 1. The highest BCUT2D eigenvalue weighted by atomic mass is 16.6. The van der Waals surface area contributed by atoms with Gasteiger partial charge in [-0.05, 0) is 30.4 Å². The molecule has 1 aromatic heterocycles. The highest BCUT2D eigenvalue weighted by Gasteiger charge is 2.24. The number of benzene rings is 1. The second-order valence-corrected chi connectivity index (χ2v) is 6.65. The summed E-state index contributed by atoms with van der Waals surface area (Å²) in [7, 11) is 0. The van der Waals surface area contributed by atoms with Gasteiger partial charge in [-0.3, -0.25) is 19.7 Å². The predicted octanol–water partition coefficient (Wildman–Crippen LogP) is 2.40. The fraction of sp³-hybridized carbons (Fsp3) is 0.368. The molecule has 1 aliphatic heterocycles. The predicted molar refractivity (Wildman–Crippen MR) is 97.1 cm³/mol. The maximum Gasteiger partial charge on any atom is 0.269 e. The lowest BCUT2D eigenvalue weighted by molar-refractivity contribution is -0.384. The number of carbonyl (C=O) groups excluding carboxylic acids is 2. The van der Waals surface area contributed by atoms with Crippen molar-refractivity contribution in [2.24, 2.45) is 5.92 Å². The lowest BCUT2D eigenvalue weighted by Gasteiger charge is -2.31. The van der Waals surface area contributed by atoms with E-state index in [4.69, 9.17) is 4.42 Å². The van der Waals surface area contributed by atoms with Crippen LogP contribution in [0, 0.1) is 16.0 Å². The fourth-order valence-electron chi connectivity index (χ4n) is 3.15. The lowest BCUT2D eigenvalue weighted by Crippen LogP contribution is -2.41. The van der Waals surface area contributed by atoms with Gasteiger partial charge in [-0.1, -0.05) is 12.1 Å². The molecule has 1 saturated heterocycles. The first-order valence-electron chi connectivity index (χ1n) is 8.84. The summed E-state index contributed by atoms with van der Waals surface area (Å²) in [6, 6.07) is 7.65. The average Bonchev–Trinajstić information content (AvgIpc) is 3.21. The van der Waals surface area contributed by atoms with E-state index in [0.717, 1.165) is 18.4 Å². The Kier molecular flexibility index (Phi) is 5.85. The number of rotatable bonds is 6. The zero-order chi connectivity index (χ0) is 19.2. The van der Waals surface area contributed by atoms with Gasteiger partial charge in [0.1, 0.15) is 6.26 Å². The van der Waals surface area contributed by atoms with Crippen molar-refractivity contribution in [2.45, 2.75) is 19.3 Å². The number of nitro benzene ring substituents is 1. The van der Waals surface area contributed by atoms with Crippen molar-refractivity contribution in [1.82, 2.24) is 10.2 Å². The Bertz CT molecular complexity index is 793. The Morgan fingerprint density at radius 3 is 2.48 bits per heavy atom. The highest BCUT2D eigenvalue weighted by molar-refractivity contribution is 5.93. The van der Waals surface area contributed by atoms with Gasteiger partial charge in [0.15, 0.2) is 0 Å². The third kappa shape index (κ3) is 4.93. The first-order valence-corrected chi connectivity index (χ1v) is 8.84. The SMILES string of the molecule is O=C(Cc1ccc([N+](=O)[O-])cc1)NCC1CCN(C(=O)c2ccoc2)CC1. The number of furan rings is 1. The van der Waals surface area contributed by atoms with E-state index in [0.29, 0.717) is 31.1 Å². The maximum absolute atomic E-state index is 12.3. The molecule has 1 aromatic carbocycles. The van der Waals surface area contributed by atoms with Crippen LogP contribution in [-0.2, 0) is 11.2 Å². The number of nitrogens with zero attached hydrogens (tertiary/aromatic N) is 2. The molecule has 1 aliphatic rings. The second kappa shape index (κ2) is 8.48. The van der Waals surface area contributed by atoms with Gasteiger partial charge in [-0.25, -0.2) is 0 Å². The van der Waals surface area contributed by atoms with Crippen molar-refractivity contribution >= 4 is 17.5 Å². The Hall–Kier alpha value is -3.16. The molecule has 2 aromatic rings. The summed E-state index contributed by atoms with van der Waals surface area (Å²) in [4.78, 5) is 36.3. The van der Waals surface area contributed by atoms with E-state index < -0.39 is 4.92 Å². The zero-order valence-electron chi connectivity index (χ0n) is 14.8. The standard InChI is InChI=1S/C19H21N3O5/c23-18(11-14-1-3-17(4-2-14)22(25)26)20-12-15-5-8-21(9-6-15)19(24)16-7-10-27-13-16/h1-4,7,10,13,15H,5-6,8-9,11-12H2,(H,20,23). The molecule has 8 nitrogen and oxygen atoms in total. The van der Waals surface area contributed by atoms with E-state index in [-0.39, 0.29) is 23.9 Å². The molecule has 2 amide bonds. The van der Waals surface area contributed by atoms with Crippen LogP contribution in [0.2, 0.25) is 0 Å². The molecule has 8 heteroatoms. The smallest absolute Gasteiger partial charge is 0.269 e. The van der Waals surface area contributed by atoms with Crippen molar-refractivity contribution in [3.05, 3.63) is 64.1 Å². The van der Waals surface area contributed by atoms with Crippen LogP contribution in [-0.4, -0.2) is 41.3 Å². The van der Waals surface area contributed by atoms with Gasteiger partial charge < -0.3 is 14.6 Å². The summed E-state index contributed by atoms with van der Waals surface area (Å²) >= 11 is 0. The number of nitro groups is 1. The third-order valence-electron chi connectivity index (χ3n) is 4.77. The fourth-order valence-corrected chi connectivity index (χ4v) is 3.15. The van der Waals surface area contributed by atoms with Crippen LogP contribution in [0.4, 0.5) is 5.69 Å². The van der Waals surface area contributed by atoms with Gasteiger partial charge >= 0.3 is 0 Å². The highest BCUT2D eigenvalue weighted by Crippen LogP contribution is 2.19. The van der Waals surface area contributed by atoms with Gasteiger partial charge in [0.25, 0.3) is 11.6 Å². The van der Waals surface area contributed by atoms with E-state index in [1.165, 1.54) is 24.7 Å². The molecule has 142 valence electrons. The molecule has 0 atom stereocenters. The Morgan fingerprint density at radius 1 is 1.19 bits per heavy atom. The molecule has 0 spiro atoms. The minimum Gasteiger partial charge on any atom is -0.472 e. The van der Waals surface area contributed by atoms with E-state index in [2.05, 4.69) is 5.32 Å². The van der Waals surface area contributed by atoms with Crippen LogP contribution < -0.4 is 5.32 Å². The largest absolute Gasteiger partial charge is 0.472 e. The van der Waals surface area contributed by atoms with E-state index in [1.807, 2.05) is 0 Å². The topological polar surface area (TPSA) is 106 Å². The van der Waals surface area contributed by atoms with Crippen LogP contribution in [0.5, 0.6) is 0 Å². The maximum atomic E-state index is 12.3. The monoisotopic (exact) mass is 371 g/mol. The Labute approximate surface area is 156 Å². The Morgan fingerprint density at radius 2 is 1.89 bits per heavy atom. The lowest BCUT2D eigenvalue weighted by atomic mass is 9.96. The molecule has 0 radical (unpaired) electrons. The quantitative estimate of drug-likeness (QED) is 0.620. The number of likely N-dealkylation sites (tertiary alicyclic amines) is 1. The molecule has 0 saturated carbocycles. The third-order valence-corrected chi connectivity index (χ3v) is 4.77. The van der Waals surface area contributed by atoms with Crippen LogP contribution in [0.1, 0.15) is 28.8 Å². The van der Waals surface area contributed by atoms with Crippen molar-refractivity contribution in [2.75, 3.05) is 19.6 Å². The summed E-state index contributed by atoms with van der Waals surface area (Å²) in [5.74, 6) is 0.198. The van der Waals surface area contributed by atoms with Crippen LogP contribution in [0.25, 0.3) is 0 Å². The number of nitrogens with one attached hydrogen (secondary N) is 1. The normalized spacial score (nSPS) is 14.7. The van der Waals surface area contributed by atoms with Gasteiger partial charge in [0, 0.05) is 31.8 Å². The zero-order valence-corrected chi connectivity index (χ0v) is 14.8. The molecule has 2 heterocycles. The summed E-state index contributed by atoms with van der Waals surface area (Å²) < 4.78 is 4.95. The van der Waals surface area contributed by atoms with Gasteiger partial charge in [-0.15, -0.1) is 0 Å². The first kappa shape index (κ1) is 18.6. The van der Waals surface area contributed by atoms with E-state index >= 15 is 0 Å². The van der Waals surface area contributed by atoms with E-state index in [9.17, 15) is 19.7 Å². The van der Waals surface area contributed by atoms with Gasteiger partial charge in [0.05, 0.1) is 23.2 Å². The molecular weight excluding hydrogens is 350 g/mol. The minimum absolute atomic E-state index is 0.0101. The Balaban J connectivity index is 1.40. The van der Waals surface area contributed by atoms with Crippen molar-refractivity contribution in [3.8, 4) is 0 Å². The van der Waals surface area contributed by atoms with Crippen LogP contribution in [0.15, 0.2) is 47.3 Å². The number of hydrogen-bond acceptors (Lipinski definition) is 5. The van der Waals surface area contributed by atoms with E-state index in [1.54, 1.807) is 23.1 Å². The van der Waals surface area contributed by atoms with Gasteiger partial charge in [0.2, 0.25) is 5.91 Å². The first-order chi connectivity index (χ1) is 13.0. The number of piperidine rings is 1. The van der Waals surface area contributed by atoms with Gasteiger partial charge in [-0.2, -0.15) is 0 Å². The molecular formula is C19H21N3O5. The summed E-state index contributed by atoms with van der Waals surface area (Å²) in [6.45, 7) is 1.89. The van der Waals surface area contributed by atoms with Crippen molar-refractivity contribution in [1.29, 1.82) is 0 Å². The molecule has 0 aliphatic carbocycles. The summed E-state index contributed by atoms with van der Waals surface area (Å²) in [6.07, 6.45) is 4.80. The summed E-state index contributed by atoms with van der Waals surface area (Å²) in [5, 5.41) is 13.6. The van der Waals surface area contributed by atoms with Crippen LogP contribution in [0.3, 0.4) is 0 Å². The van der Waals surface area contributed by atoms with Crippen LogP contribution >= 0.6 is 0 Å². The molecule has 3 rings (SSSR count).